The molecule has 3 N–H and O–H groups in total. The molecule has 0 bridgehead atoms. The van der Waals surface area contributed by atoms with Gasteiger partial charge < -0.3 is 15.4 Å². The molecular weight excluding hydrogens is 326 g/mol. The number of carboxylic acids is 1. The first kappa shape index (κ1) is 18.2. The van der Waals surface area contributed by atoms with Gasteiger partial charge in [0.1, 0.15) is 11.0 Å². The zero-order chi connectivity index (χ0) is 18.6. The molecule has 8 nitrogen and oxygen atoms in total. The maximum Gasteiger partial charge on any atom is 0.328 e. The van der Waals surface area contributed by atoms with Crippen molar-refractivity contribution in [2.45, 2.75) is 18.8 Å². The van der Waals surface area contributed by atoms with Crippen molar-refractivity contribution >= 4 is 11.9 Å². The maximum absolute atomic E-state index is 12.3. The van der Waals surface area contributed by atoms with Gasteiger partial charge >= 0.3 is 11.7 Å². The first-order valence-electron chi connectivity index (χ1n) is 7.69. The zero-order valence-electron chi connectivity index (χ0n) is 13.9. The van der Waals surface area contributed by atoms with Crippen molar-refractivity contribution in [1.82, 2.24) is 14.9 Å². The first-order chi connectivity index (χ1) is 11.8. The van der Waals surface area contributed by atoms with Crippen LogP contribution < -0.4 is 16.6 Å². The zero-order valence-corrected chi connectivity index (χ0v) is 13.9. The number of carbonyl (C=O) groups excluding carboxylic acids is 1. The lowest BCUT2D eigenvalue weighted by Crippen LogP contribution is -2.47. The second-order valence-corrected chi connectivity index (χ2v) is 5.66. The number of H-pyrrole nitrogens is 1. The number of nitrogens with zero attached hydrogens (tertiary/aromatic N) is 1. The van der Waals surface area contributed by atoms with E-state index in [2.05, 4.69) is 10.3 Å². The molecule has 0 fully saturated rings. The van der Waals surface area contributed by atoms with Crippen LogP contribution in [0.5, 0.6) is 0 Å². The van der Waals surface area contributed by atoms with Crippen molar-refractivity contribution in [1.29, 1.82) is 0 Å². The molecular formula is C17H19N3O5. The Kier molecular flexibility index (Phi) is 5.21. The van der Waals surface area contributed by atoms with Gasteiger partial charge in [-0.1, -0.05) is 37.3 Å². The van der Waals surface area contributed by atoms with Crippen LogP contribution in [-0.4, -0.2) is 33.1 Å². The fourth-order valence-corrected chi connectivity index (χ4v) is 2.59. The number of hydrogen-bond acceptors (Lipinski definition) is 4. The van der Waals surface area contributed by atoms with Crippen molar-refractivity contribution in [2.24, 2.45) is 7.05 Å². The number of amides is 1. The fraction of sp³-hybridized carbons (Fsp3) is 0.294. The Labute approximate surface area is 143 Å². The molecule has 0 spiro atoms. The van der Waals surface area contributed by atoms with Gasteiger partial charge in [-0.2, -0.15) is 0 Å². The van der Waals surface area contributed by atoms with Gasteiger partial charge in [-0.3, -0.25) is 19.0 Å². The van der Waals surface area contributed by atoms with E-state index in [-0.39, 0.29) is 18.5 Å². The minimum absolute atomic E-state index is 0.191. The fourth-order valence-electron chi connectivity index (χ4n) is 2.59. The molecule has 1 atom stereocenters. The molecule has 2 aromatic rings. The molecule has 0 aliphatic heterocycles. The number of carboxylic acid groups (broad SMARTS) is 1. The SMILES string of the molecule is CCC(CNC(=O)c1c[nH]c(=O)n(C)c1=O)(C(=O)O)c1ccccc1. The molecule has 8 heteroatoms. The summed E-state index contributed by atoms with van der Waals surface area (Å²) in [7, 11) is 1.25. The minimum Gasteiger partial charge on any atom is -0.481 e. The van der Waals surface area contributed by atoms with Crippen LogP contribution >= 0.6 is 0 Å². The standard InChI is InChI=1S/C17H19N3O5/c1-3-17(15(23)24,11-7-5-4-6-8-11)10-19-13(21)12-9-18-16(25)20(2)14(12)22/h4-9H,3,10H2,1-2H3,(H,18,25)(H,19,21)(H,23,24). The highest BCUT2D eigenvalue weighted by molar-refractivity contribution is 5.94. The third-order valence-corrected chi connectivity index (χ3v) is 4.31. The van der Waals surface area contributed by atoms with Crippen LogP contribution in [0.25, 0.3) is 0 Å². The highest BCUT2D eigenvalue weighted by Gasteiger charge is 2.39. The Morgan fingerprint density at radius 2 is 1.88 bits per heavy atom. The number of nitrogens with one attached hydrogen (secondary N) is 2. The van der Waals surface area contributed by atoms with E-state index in [0.29, 0.717) is 5.56 Å². The summed E-state index contributed by atoms with van der Waals surface area (Å²) in [4.78, 5) is 49.8. The van der Waals surface area contributed by atoms with Gasteiger partial charge in [-0.15, -0.1) is 0 Å². The monoisotopic (exact) mass is 345 g/mol. The molecule has 1 amide bonds. The Bertz CT molecular complexity index is 900. The van der Waals surface area contributed by atoms with E-state index < -0.39 is 28.5 Å². The molecule has 2 rings (SSSR count). The van der Waals surface area contributed by atoms with Crippen LogP contribution in [0.4, 0.5) is 0 Å². The molecule has 0 radical (unpaired) electrons. The summed E-state index contributed by atoms with van der Waals surface area (Å²) in [6.45, 7) is 1.52. The molecule has 25 heavy (non-hydrogen) atoms. The predicted molar refractivity (Wildman–Crippen MR) is 90.7 cm³/mol. The van der Waals surface area contributed by atoms with E-state index in [1.54, 1.807) is 37.3 Å². The maximum atomic E-state index is 12.3. The van der Waals surface area contributed by atoms with E-state index in [1.165, 1.54) is 7.05 Å². The van der Waals surface area contributed by atoms with Crippen LogP contribution in [0, 0.1) is 0 Å². The summed E-state index contributed by atoms with van der Waals surface area (Å²) in [5.41, 5.74) is -2.41. The van der Waals surface area contributed by atoms with Crippen LogP contribution in [0.1, 0.15) is 29.3 Å². The normalized spacial score (nSPS) is 13.0. The quantitative estimate of drug-likeness (QED) is 0.692. The largest absolute Gasteiger partial charge is 0.481 e. The Morgan fingerprint density at radius 1 is 1.24 bits per heavy atom. The van der Waals surface area contributed by atoms with Gasteiger partial charge in [0.2, 0.25) is 0 Å². The summed E-state index contributed by atoms with van der Waals surface area (Å²) in [6, 6.07) is 8.59. The first-order valence-corrected chi connectivity index (χ1v) is 7.69. The molecule has 132 valence electrons. The van der Waals surface area contributed by atoms with Gasteiger partial charge in [0.25, 0.3) is 11.5 Å². The number of rotatable bonds is 6. The highest BCUT2D eigenvalue weighted by atomic mass is 16.4. The second kappa shape index (κ2) is 7.16. The molecule has 0 saturated carbocycles. The third kappa shape index (κ3) is 3.37. The van der Waals surface area contributed by atoms with Crippen LogP contribution in [0.15, 0.2) is 46.1 Å². The average Bonchev–Trinajstić information content (AvgIpc) is 2.61. The van der Waals surface area contributed by atoms with E-state index in [4.69, 9.17) is 0 Å². The van der Waals surface area contributed by atoms with E-state index >= 15 is 0 Å². The van der Waals surface area contributed by atoms with Gasteiger partial charge in [-0.25, -0.2) is 4.79 Å². The lowest BCUT2D eigenvalue weighted by atomic mass is 9.78. The molecule has 1 aromatic heterocycles. The van der Waals surface area contributed by atoms with Gasteiger partial charge in [-0.05, 0) is 12.0 Å². The molecule has 0 saturated heterocycles. The van der Waals surface area contributed by atoms with Crippen molar-refractivity contribution in [3.05, 3.63) is 68.5 Å². The Hall–Kier alpha value is -3.16. The lowest BCUT2D eigenvalue weighted by Gasteiger charge is -2.29. The van der Waals surface area contributed by atoms with Crippen LogP contribution in [0.2, 0.25) is 0 Å². The molecule has 1 heterocycles. The van der Waals surface area contributed by atoms with E-state index in [0.717, 1.165) is 10.8 Å². The third-order valence-electron chi connectivity index (χ3n) is 4.31. The summed E-state index contributed by atoms with van der Waals surface area (Å²) < 4.78 is 0.774. The van der Waals surface area contributed by atoms with Crippen LogP contribution in [-0.2, 0) is 17.3 Å². The number of aliphatic carboxylic acids is 1. The van der Waals surface area contributed by atoms with Gasteiger partial charge in [0.15, 0.2) is 0 Å². The topological polar surface area (TPSA) is 121 Å². The number of aromatic amines is 1. The average molecular weight is 345 g/mol. The number of benzene rings is 1. The second-order valence-electron chi connectivity index (χ2n) is 5.66. The van der Waals surface area contributed by atoms with Gasteiger partial charge in [0, 0.05) is 19.8 Å². The summed E-state index contributed by atoms with van der Waals surface area (Å²) >= 11 is 0. The van der Waals surface area contributed by atoms with Crippen LogP contribution in [0.3, 0.4) is 0 Å². The van der Waals surface area contributed by atoms with Crippen molar-refractivity contribution in [3.8, 4) is 0 Å². The Morgan fingerprint density at radius 3 is 2.44 bits per heavy atom. The highest BCUT2D eigenvalue weighted by Crippen LogP contribution is 2.27. The van der Waals surface area contributed by atoms with Crippen molar-refractivity contribution < 1.29 is 14.7 Å². The van der Waals surface area contributed by atoms with Crippen molar-refractivity contribution in [2.75, 3.05) is 6.54 Å². The number of hydrogen-bond donors (Lipinski definition) is 3. The molecule has 0 aliphatic rings. The van der Waals surface area contributed by atoms with E-state index in [1.807, 2.05) is 0 Å². The molecule has 0 aliphatic carbocycles. The Balaban J connectivity index is 2.32. The lowest BCUT2D eigenvalue weighted by molar-refractivity contribution is -0.143. The minimum atomic E-state index is -1.32. The molecule has 1 aromatic carbocycles. The summed E-state index contributed by atoms with van der Waals surface area (Å²) in [5, 5.41) is 12.2. The van der Waals surface area contributed by atoms with E-state index in [9.17, 15) is 24.3 Å². The summed E-state index contributed by atoms with van der Waals surface area (Å²) in [6.07, 6.45) is 1.27. The summed E-state index contributed by atoms with van der Waals surface area (Å²) in [5.74, 6) is -1.82. The van der Waals surface area contributed by atoms with Crippen molar-refractivity contribution in [3.63, 3.8) is 0 Å². The number of aromatic nitrogens is 2. The smallest absolute Gasteiger partial charge is 0.328 e. The molecule has 1 unspecified atom stereocenters. The number of carbonyl (C=O) groups is 2. The van der Waals surface area contributed by atoms with Gasteiger partial charge in [0.05, 0.1) is 0 Å². The predicted octanol–water partition coefficient (Wildman–Crippen LogP) is 0.236.